The summed E-state index contributed by atoms with van der Waals surface area (Å²) in [5.41, 5.74) is 5.16. The molecule has 0 aliphatic carbocycles. The summed E-state index contributed by atoms with van der Waals surface area (Å²) in [4.78, 5) is 24.2. The standard InChI is InChI=1S/C19H23N3O5/c1-13(2)8-11-27-16-5-4-15(12-17(16)26-3)19(24)21-20-18(23)14-6-9-22(25)10-7-14/h4-7,9-10,12-13H,8,11H2,1-3H3,(H,20,23)(H,21,24). The zero-order valence-corrected chi connectivity index (χ0v) is 15.5. The van der Waals surface area contributed by atoms with E-state index >= 15 is 0 Å². The molecule has 8 nitrogen and oxygen atoms in total. The molecule has 0 radical (unpaired) electrons. The first-order valence-electron chi connectivity index (χ1n) is 8.51. The van der Waals surface area contributed by atoms with E-state index < -0.39 is 11.8 Å². The highest BCUT2D eigenvalue weighted by Crippen LogP contribution is 2.28. The number of methoxy groups -OCH3 is 1. The maximum atomic E-state index is 12.2. The van der Waals surface area contributed by atoms with Crippen molar-refractivity contribution in [3.8, 4) is 11.5 Å². The number of carbonyl (C=O) groups is 2. The smallest absolute Gasteiger partial charge is 0.270 e. The molecule has 2 N–H and O–H groups in total. The van der Waals surface area contributed by atoms with Gasteiger partial charge in [-0.05, 0) is 30.5 Å². The lowest BCUT2D eigenvalue weighted by Gasteiger charge is -2.13. The highest BCUT2D eigenvalue weighted by Gasteiger charge is 2.13. The molecule has 1 heterocycles. The number of amides is 2. The molecule has 0 aliphatic rings. The van der Waals surface area contributed by atoms with E-state index in [4.69, 9.17) is 9.47 Å². The van der Waals surface area contributed by atoms with Gasteiger partial charge in [0.2, 0.25) is 0 Å². The summed E-state index contributed by atoms with van der Waals surface area (Å²) in [6.45, 7) is 4.77. The first kappa shape index (κ1) is 20.0. The van der Waals surface area contributed by atoms with Crippen molar-refractivity contribution in [2.75, 3.05) is 13.7 Å². The van der Waals surface area contributed by atoms with Crippen LogP contribution in [0.25, 0.3) is 0 Å². The Labute approximate surface area is 157 Å². The van der Waals surface area contributed by atoms with E-state index in [-0.39, 0.29) is 5.56 Å². The Morgan fingerprint density at radius 1 is 1.04 bits per heavy atom. The van der Waals surface area contributed by atoms with Crippen LogP contribution < -0.4 is 25.1 Å². The Hall–Kier alpha value is -3.29. The quantitative estimate of drug-likeness (QED) is 0.438. The topological polar surface area (TPSA) is 104 Å². The highest BCUT2D eigenvalue weighted by atomic mass is 16.5. The Morgan fingerprint density at radius 3 is 2.26 bits per heavy atom. The van der Waals surface area contributed by atoms with Crippen LogP contribution in [-0.2, 0) is 0 Å². The van der Waals surface area contributed by atoms with E-state index in [1.54, 1.807) is 12.1 Å². The number of hydrogen-bond acceptors (Lipinski definition) is 5. The minimum atomic E-state index is -0.537. The summed E-state index contributed by atoms with van der Waals surface area (Å²) < 4.78 is 11.5. The molecule has 1 aromatic heterocycles. The van der Waals surface area contributed by atoms with E-state index in [0.717, 1.165) is 6.42 Å². The van der Waals surface area contributed by atoms with Crippen molar-refractivity contribution in [3.63, 3.8) is 0 Å². The molecule has 2 rings (SSSR count). The molecule has 8 heteroatoms. The number of benzene rings is 1. The monoisotopic (exact) mass is 373 g/mol. The average molecular weight is 373 g/mol. The van der Waals surface area contributed by atoms with Crippen LogP contribution in [0.1, 0.15) is 41.0 Å². The second-order valence-electron chi connectivity index (χ2n) is 6.25. The molecule has 2 aromatic rings. The molecular weight excluding hydrogens is 350 g/mol. The summed E-state index contributed by atoms with van der Waals surface area (Å²) >= 11 is 0. The van der Waals surface area contributed by atoms with Crippen LogP contribution in [0.4, 0.5) is 0 Å². The van der Waals surface area contributed by atoms with Crippen molar-refractivity contribution in [2.45, 2.75) is 20.3 Å². The van der Waals surface area contributed by atoms with Crippen LogP contribution >= 0.6 is 0 Å². The Morgan fingerprint density at radius 2 is 1.67 bits per heavy atom. The zero-order valence-electron chi connectivity index (χ0n) is 15.5. The maximum Gasteiger partial charge on any atom is 0.270 e. The number of hydrazine groups is 1. The van der Waals surface area contributed by atoms with E-state index in [1.165, 1.54) is 37.7 Å². The minimum absolute atomic E-state index is 0.244. The molecule has 0 aliphatic heterocycles. The molecule has 0 spiro atoms. The molecule has 0 unspecified atom stereocenters. The van der Waals surface area contributed by atoms with Crippen LogP contribution in [0.5, 0.6) is 11.5 Å². The number of nitrogens with zero attached hydrogens (tertiary/aromatic N) is 1. The molecule has 1 aromatic carbocycles. The summed E-state index contributed by atoms with van der Waals surface area (Å²) in [7, 11) is 1.49. The second kappa shape index (κ2) is 9.42. The summed E-state index contributed by atoms with van der Waals surface area (Å²) in [5, 5.41) is 11.0. The zero-order chi connectivity index (χ0) is 19.8. The van der Waals surface area contributed by atoms with Gasteiger partial charge in [0.25, 0.3) is 11.8 Å². The molecule has 0 bridgehead atoms. The first-order chi connectivity index (χ1) is 12.9. The van der Waals surface area contributed by atoms with Crippen LogP contribution in [0.3, 0.4) is 0 Å². The van der Waals surface area contributed by atoms with Crippen LogP contribution in [-0.4, -0.2) is 25.5 Å². The maximum absolute atomic E-state index is 12.2. The lowest BCUT2D eigenvalue weighted by molar-refractivity contribution is -0.605. The van der Waals surface area contributed by atoms with Gasteiger partial charge in [-0.1, -0.05) is 13.8 Å². The summed E-state index contributed by atoms with van der Waals surface area (Å²) in [5.74, 6) is 0.456. The number of rotatable bonds is 7. The van der Waals surface area contributed by atoms with Crippen molar-refractivity contribution in [3.05, 3.63) is 59.1 Å². The van der Waals surface area contributed by atoms with Gasteiger partial charge in [0.15, 0.2) is 23.9 Å². The fourth-order valence-electron chi connectivity index (χ4n) is 2.15. The number of carbonyl (C=O) groups excluding carboxylic acids is 2. The van der Waals surface area contributed by atoms with Crippen molar-refractivity contribution in [2.24, 2.45) is 5.92 Å². The van der Waals surface area contributed by atoms with E-state index in [0.29, 0.717) is 34.3 Å². The van der Waals surface area contributed by atoms with Crippen molar-refractivity contribution >= 4 is 11.8 Å². The third kappa shape index (κ3) is 5.88. The van der Waals surface area contributed by atoms with Gasteiger partial charge in [0.1, 0.15) is 0 Å². The normalized spacial score (nSPS) is 10.4. The number of nitrogens with one attached hydrogen (secondary N) is 2. The third-order valence-electron chi connectivity index (χ3n) is 3.73. The van der Waals surface area contributed by atoms with E-state index in [9.17, 15) is 14.8 Å². The van der Waals surface area contributed by atoms with Crippen molar-refractivity contribution < 1.29 is 23.8 Å². The summed E-state index contributed by atoms with van der Waals surface area (Å²) in [6, 6.07) is 7.47. The van der Waals surface area contributed by atoms with Gasteiger partial charge in [-0.25, -0.2) is 0 Å². The Kier molecular flexibility index (Phi) is 6.99. The van der Waals surface area contributed by atoms with Gasteiger partial charge >= 0.3 is 0 Å². The molecule has 144 valence electrons. The van der Waals surface area contributed by atoms with Crippen LogP contribution in [0.2, 0.25) is 0 Å². The van der Waals surface area contributed by atoms with Gasteiger partial charge in [-0.2, -0.15) is 4.73 Å². The lowest BCUT2D eigenvalue weighted by atomic mass is 10.1. The molecule has 0 atom stereocenters. The molecule has 27 heavy (non-hydrogen) atoms. The van der Waals surface area contributed by atoms with E-state index in [1.807, 2.05) is 0 Å². The molecule has 0 fully saturated rings. The van der Waals surface area contributed by atoms with Gasteiger partial charge in [-0.15, -0.1) is 0 Å². The minimum Gasteiger partial charge on any atom is -0.619 e. The molecule has 2 amide bonds. The SMILES string of the molecule is COc1cc(C(=O)NNC(=O)c2cc[n+]([O-])cc2)ccc1OCCC(C)C. The van der Waals surface area contributed by atoms with Crippen LogP contribution in [0, 0.1) is 11.1 Å². The number of hydrogen-bond donors (Lipinski definition) is 2. The van der Waals surface area contributed by atoms with Crippen LogP contribution in [0.15, 0.2) is 42.7 Å². The summed E-state index contributed by atoms with van der Waals surface area (Å²) in [6.07, 6.45) is 3.29. The lowest BCUT2D eigenvalue weighted by Crippen LogP contribution is -2.41. The largest absolute Gasteiger partial charge is 0.619 e. The van der Waals surface area contributed by atoms with Gasteiger partial charge in [0, 0.05) is 17.7 Å². The number of pyridine rings is 1. The van der Waals surface area contributed by atoms with Gasteiger partial charge in [-0.3, -0.25) is 20.4 Å². The van der Waals surface area contributed by atoms with Crippen molar-refractivity contribution in [1.82, 2.24) is 10.9 Å². The average Bonchev–Trinajstić information content (AvgIpc) is 2.66. The Bertz CT molecular complexity index is 790. The van der Waals surface area contributed by atoms with E-state index in [2.05, 4.69) is 24.7 Å². The molecule has 0 saturated heterocycles. The second-order valence-corrected chi connectivity index (χ2v) is 6.25. The fourth-order valence-corrected chi connectivity index (χ4v) is 2.15. The van der Waals surface area contributed by atoms with Gasteiger partial charge in [0.05, 0.1) is 19.3 Å². The third-order valence-corrected chi connectivity index (χ3v) is 3.73. The predicted octanol–water partition coefficient (Wildman–Crippen LogP) is 1.83. The van der Waals surface area contributed by atoms with Crippen molar-refractivity contribution in [1.29, 1.82) is 0 Å². The first-order valence-corrected chi connectivity index (χ1v) is 8.51. The highest BCUT2D eigenvalue weighted by molar-refractivity contribution is 5.99. The fraction of sp³-hybridized carbons (Fsp3) is 0.316. The number of ether oxygens (including phenoxy) is 2. The predicted molar refractivity (Wildman–Crippen MR) is 98.3 cm³/mol. The Balaban J connectivity index is 1.97. The number of aromatic nitrogens is 1. The molecular formula is C19H23N3O5. The van der Waals surface area contributed by atoms with Gasteiger partial charge < -0.3 is 14.7 Å². The molecule has 0 saturated carbocycles.